The van der Waals surface area contributed by atoms with E-state index in [1.807, 2.05) is 30.3 Å². The lowest BCUT2D eigenvalue weighted by Crippen LogP contribution is -2.42. The Bertz CT molecular complexity index is 762. The summed E-state index contributed by atoms with van der Waals surface area (Å²) in [4.78, 5) is 22.8. The van der Waals surface area contributed by atoms with Crippen LogP contribution in [-0.2, 0) is 22.4 Å². The topological polar surface area (TPSA) is 81.4 Å². The Kier molecular flexibility index (Phi) is 6.95. The number of halogens is 3. The number of amides is 1. The van der Waals surface area contributed by atoms with Gasteiger partial charge in [0, 0.05) is 6.54 Å². The van der Waals surface area contributed by atoms with Gasteiger partial charge in [-0.25, -0.2) is 4.79 Å². The van der Waals surface area contributed by atoms with Crippen molar-refractivity contribution in [1.82, 2.24) is 5.32 Å². The lowest BCUT2D eigenvalue weighted by Gasteiger charge is -2.13. The highest BCUT2D eigenvalue weighted by molar-refractivity contribution is 5.81. The maximum Gasteiger partial charge on any atom is 0.491 e. The summed E-state index contributed by atoms with van der Waals surface area (Å²) in [7, 11) is 0. The van der Waals surface area contributed by atoms with Gasteiger partial charge in [-0.15, -0.1) is 0 Å². The summed E-state index contributed by atoms with van der Waals surface area (Å²) in [6.07, 6.45) is -4.18. The minimum absolute atomic E-state index is 0.199. The van der Waals surface area contributed by atoms with E-state index in [9.17, 15) is 22.8 Å². The lowest BCUT2D eigenvalue weighted by atomic mass is 10.1. The first-order chi connectivity index (χ1) is 12.8. The molecule has 0 aliphatic rings. The van der Waals surface area contributed by atoms with Gasteiger partial charge in [0.1, 0.15) is 5.75 Å². The van der Waals surface area contributed by atoms with Gasteiger partial charge in [0.2, 0.25) is 5.91 Å². The molecule has 1 amide bonds. The van der Waals surface area contributed by atoms with Crippen LogP contribution in [0.4, 0.5) is 13.2 Å². The van der Waals surface area contributed by atoms with Crippen LogP contribution in [0, 0.1) is 0 Å². The maximum atomic E-state index is 12.1. The summed E-state index contributed by atoms with van der Waals surface area (Å²) < 4.78 is 40.7. The van der Waals surface area contributed by atoms with Gasteiger partial charge in [-0.05, 0) is 36.1 Å². The number of carbonyl (C=O) groups excluding carboxylic acids is 2. The first kappa shape index (κ1) is 20.4. The van der Waals surface area contributed by atoms with Crippen molar-refractivity contribution in [3.8, 4) is 5.75 Å². The van der Waals surface area contributed by atoms with Crippen LogP contribution >= 0.6 is 0 Å². The Labute approximate surface area is 154 Å². The molecule has 0 aromatic heterocycles. The van der Waals surface area contributed by atoms with Crippen LogP contribution in [0.15, 0.2) is 54.6 Å². The molecule has 1 unspecified atom stereocenters. The standard InChI is InChI=1S/C19H19F3N2O3/c20-19(21,22)18(26)27-15-8-6-14(7-9-15)12-16(23)17(25)24-11-10-13-4-2-1-3-5-13/h1-9,16H,10-12,23H2,(H,24,25). The molecule has 8 heteroatoms. The largest absolute Gasteiger partial charge is 0.491 e. The number of hydrogen-bond donors (Lipinski definition) is 2. The third-order valence-electron chi connectivity index (χ3n) is 3.71. The summed E-state index contributed by atoms with van der Waals surface area (Å²) in [5.41, 5.74) is 7.58. The quantitative estimate of drug-likeness (QED) is 0.571. The van der Waals surface area contributed by atoms with Crippen LogP contribution in [-0.4, -0.2) is 30.6 Å². The predicted octanol–water partition coefficient (Wildman–Crippen LogP) is 2.38. The van der Waals surface area contributed by atoms with Gasteiger partial charge in [0.15, 0.2) is 0 Å². The van der Waals surface area contributed by atoms with Crippen molar-refractivity contribution >= 4 is 11.9 Å². The number of hydrogen-bond acceptors (Lipinski definition) is 4. The third kappa shape index (κ3) is 6.74. The molecule has 2 aromatic carbocycles. The van der Waals surface area contributed by atoms with Crippen molar-refractivity contribution < 1.29 is 27.5 Å². The zero-order valence-electron chi connectivity index (χ0n) is 14.3. The van der Waals surface area contributed by atoms with Crippen molar-refractivity contribution in [2.24, 2.45) is 5.73 Å². The highest BCUT2D eigenvalue weighted by Crippen LogP contribution is 2.20. The van der Waals surface area contributed by atoms with Gasteiger partial charge in [0.05, 0.1) is 6.04 Å². The normalized spacial score (nSPS) is 12.3. The van der Waals surface area contributed by atoms with Crippen LogP contribution in [0.2, 0.25) is 0 Å². The summed E-state index contributed by atoms with van der Waals surface area (Å²) in [6, 6.07) is 14.2. The summed E-state index contributed by atoms with van der Waals surface area (Å²) in [6.45, 7) is 0.447. The molecule has 0 radical (unpaired) electrons. The summed E-state index contributed by atoms with van der Waals surface area (Å²) in [5.74, 6) is -2.84. The first-order valence-electron chi connectivity index (χ1n) is 8.21. The van der Waals surface area contributed by atoms with Gasteiger partial charge in [0.25, 0.3) is 0 Å². The molecule has 0 fully saturated rings. The van der Waals surface area contributed by atoms with Crippen molar-refractivity contribution in [3.05, 3.63) is 65.7 Å². The van der Waals surface area contributed by atoms with E-state index in [0.29, 0.717) is 18.5 Å². The molecule has 0 saturated carbocycles. The van der Waals surface area contributed by atoms with E-state index in [-0.39, 0.29) is 18.1 Å². The molecule has 5 nitrogen and oxygen atoms in total. The molecule has 3 N–H and O–H groups in total. The van der Waals surface area contributed by atoms with Gasteiger partial charge in [-0.2, -0.15) is 13.2 Å². The molecule has 0 spiro atoms. The van der Waals surface area contributed by atoms with E-state index in [2.05, 4.69) is 10.1 Å². The monoisotopic (exact) mass is 380 g/mol. The molecule has 0 saturated heterocycles. The smallest absolute Gasteiger partial charge is 0.420 e. The molecule has 0 aliphatic heterocycles. The van der Waals surface area contributed by atoms with Crippen molar-refractivity contribution in [2.75, 3.05) is 6.54 Å². The molecule has 0 aliphatic carbocycles. The van der Waals surface area contributed by atoms with E-state index >= 15 is 0 Å². The summed E-state index contributed by atoms with van der Waals surface area (Å²) in [5, 5.41) is 2.75. The molecule has 0 heterocycles. The van der Waals surface area contributed by atoms with Gasteiger partial charge < -0.3 is 15.8 Å². The lowest BCUT2D eigenvalue weighted by molar-refractivity contribution is -0.189. The number of esters is 1. The minimum atomic E-state index is -5.06. The molecular formula is C19H19F3N2O3. The number of benzene rings is 2. The van der Waals surface area contributed by atoms with Crippen LogP contribution < -0.4 is 15.8 Å². The van der Waals surface area contributed by atoms with E-state index < -0.39 is 18.2 Å². The highest BCUT2D eigenvalue weighted by atomic mass is 19.4. The second kappa shape index (κ2) is 9.18. The average molecular weight is 380 g/mol. The van der Waals surface area contributed by atoms with Gasteiger partial charge in [-0.1, -0.05) is 42.5 Å². The molecule has 144 valence electrons. The molecule has 2 rings (SSSR count). The second-order valence-corrected chi connectivity index (χ2v) is 5.87. The fraction of sp³-hybridized carbons (Fsp3) is 0.263. The van der Waals surface area contributed by atoms with Crippen molar-refractivity contribution in [1.29, 1.82) is 0 Å². The molecule has 1 atom stereocenters. The molecular weight excluding hydrogens is 361 g/mol. The Balaban J connectivity index is 1.79. The van der Waals surface area contributed by atoms with E-state index in [0.717, 1.165) is 5.56 Å². The van der Waals surface area contributed by atoms with E-state index in [1.54, 1.807) is 0 Å². The Morgan fingerprint density at radius 1 is 1.00 bits per heavy atom. The predicted molar refractivity (Wildman–Crippen MR) is 93.0 cm³/mol. The minimum Gasteiger partial charge on any atom is -0.420 e. The SMILES string of the molecule is NC(Cc1ccc(OC(=O)C(F)(F)F)cc1)C(=O)NCCc1ccccc1. The number of carbonyl (C=O) groups is 2. The number of rotatable bonds is 7. The van der Waals surface area contributed by atoms with Crippen molar-refractivity contribution in [3.63, 3.8) is 0 Å². The van der Waals surface area contributed by atoms with Crippen LogP contribution in [0.1, 0.15) is 11.1 Å². The van der Waals surface area contributed by atoms with Crippen LogP contribution in [0.3, 0.4) is 0 Å². The van der Waals surface area contributed by atoms with Gasteiger partial charge in [-0.3, -0.25) is 4.79 Å². The van der Waals surface area contributed by atoms with Crippen molar-refractivity contribution in [2.45, 2.75) is 25.1 Å². The molecule has 2 aromatic rings. The zero-order chi connectivity index (χ0) is 19.9. The second-order valence-electron chi connectivity index (χ2n) is 5.87. The molecule has 0 bridgehead atoms. The Hall–Kier alpha value is -2.87. The average Bonchev–Trinajstić information content (AvgIpc) is 2.63. The highest BCUT2D eigenvalue weighted by Gasteiger charge is 2.41. The number of nitrogens with one attached hydrogen (secondary N) is 1. The van der Waals surface area contributed by atoms with E-state index in [1.165, 1.54) is 24.3 Å². The molecule has 27 heavy (non-hydrogen) atoms. The van der Waals surface area contributed by atoms with Gasteiger partial charge >= 0.3 is 12.1 Å². The summed E-state index contributed by atoms with van der Waals surface area (Å²) >= 11 is 0. The number of alkyl halides is 3. The Morgan fingerprint density at radius 3 is 2.22 bits per heavy atom. The fourth-order valence-corrected chi connectivity index (χ4v) is 2.31. The van der Waals surface area contributed by atoms with E-state index in [4.69, 9.17) is 5.73 Å². The first-order valence-corrected chi connectivity index (χ1v) is 8.21. The third-order valence-corrected chi connectivity index (χ3v) is 3.71. The Morgan fingerprint density at radius 2 is 1.63 bits per heavy atom. The fourth-order valence-electron chi connectivity index (χ4n) is 2.31. The maximum absolute atomic E-state index is 12.1. The number of nitrogens with two attached hydrogens (primary N) is 1. The number of ether oxygens (including phenoxy) is 1. The van der Waals surface area contributed by atoms with Crippen LogP contribution in [0.25, 0.3) is 0 Å². The van der Waals surface area contributed by atoms with Crippen LogP contribution in [0.5, 0.6) is 5.75 Å². The zero-order valence-corrected chi connectivity index (χ0v) is 14.3.